The van der Waals surface area contributed by atoms with Gasteiger partial charge < -0.3 is 9.89 Å². The van der Waals surface area contributed by atoms with Gasteiger partial charge in [-0.05, 0) is 26.9 Å². The van der Waals surface area contributed by atoms with Crippen molar-refractivity contribution < 1.29 is 0 Å². The van der Waals surface area contributed by atoms with Crippen molar-refractivity contribution in [3.63, 3.8) is 0 Å². The molecule has 0 saturated heterocycles. The zero-order valence-corrected chi connectivity index (χ0v) is 8.45. The molecule has 1 fully saturated rings. The van der Waals surface area contributed by atoms with Crippen LogP contribution in [0.25, 0.3) is 0 Å². The quantitative estimate of drug-likeness (QED) is 0.574. The number of hydrogen-bond donors (Lipinski definition) is 0. The van der Waals surface area contributed by atoms with Gasteiger partial charge in [-0.25, -0.2) is 0 Å². The summed E-state index contributed by atoms with van der Waals surface area (Å²) in [6.45, 7) is 0. The SMILES string of the molecule is CN=CC1CCCC[C@@H]1N(C)C. The largest absolute Gasteiger partial charge is 0.306 e. The summed E-state index contributed by atoms with van der Waals surface area (Å²) in [5, 5.41) is 0. The van der Waals surface area contributed by atoms with E-state index in [0.717, 1.165) is 6.04 Å². The van der Waals surface area contributed by atoms with Gasteiger partial charge in [0.2, 0.25) is 0 Å². The van der Waals surface area contributed by atoms with Gasteiger partial charge in [-0.15, -0.1) is 0 Å². The predicted octanol–water partition coefficient (Wildman–Crippen LogP) is 1.81. The Kier molecular flexibility index (Phi) is 3.73. The molecular formula is C10H20N2. The van der Waals surface area contributed by atoms with Crippen LogP contribution in [0, 0.1) is 5.92 Å². The molecule has 0 aliphatic heterocycles. The Balaban J connectivity index is 2.54. The second kappa shape index (κ2) is 4.61. The van der Waals surface area contributed by atoms with Crippen LogP contribution in [-0.4, -0.2) is 38.3 Å². The van der Waals surface area contributed by atoms with Crippen LogP contribution in [0.4, 0.5) is 0 Å². The lowest BCUT2D eigenvalue weighted by Gasteiger charge is -2.33. The lowest BCUT2D eigenvalue weighted by atomic mass is 9.85. The standard InChI is InChI=1S/C10H20N2/c1-11-8-9-6-4-5-7-10(9)12(2)3/h8-10H,4-7H2,1-3H3/t9?,10-/m0/s1. The molecule has 0 spiro atoms. The summed E-state index contributed by atoms with van der Waals surface area (Å²) >= 11 is 0. The summed E-state index contributed by atoms with van der Waals surface area (Å²) in [5.74, 6) is 0.693. The molecule has 2 heteroatoms. The van der Waals surface area contributed by atoms with Crippen molar-refractivity contribution >= 4 is 6.21 Å². The molecule has 0 aromatic heterocycles. The van der Waals surface area contributed by atoms with E-state index < -0.39 is 0 Å². The first kappa shape index (κ1) is 9.72. The fourth-order valence-electron chi connectivity index (χ4n) is 2.15. The highest BCUT2D eigenvalue weighted by molar-refractivity contribution is 5.61. The molecule has 12 heavy (non-hydrogen) atoms. The van der Waals surface area contributed by atoms with E-state index in [1.807, 2.05) is 7.05 Å². The van der Waals surface area contributed by atoms with E-state index >= 15 is 0 Å². The summed E-state index contributed by atoms with van der Waals surface area (Å²) in [7, 11) is 6.22. The fraction of sp³-hybridized carbons (Fsp3) is 0.900. The zero-order chi connectivity index (χ0) is 8.97. The Hall–Kier alpha value is -0.370. The number of aliphatic imine (C=N–C) groups is 1. The Bertz CT molecular complexity index is 152. The van der Waals surface area contributed by atoms with Crippen LogP contribution in [0.15, 0.2) is 4.99 Å². The van der Waals surface area contributed by atoms with E-state index in [1.165, 1.54) is 25.7 Å². The minimum Gasteiger partial charge on any atom is -0.306 e. The van der Waals surface area contributed by atoms with Gasteiger partial charge in [-0.1, -0.05) is 12.8 Å². The third-order valence-electron chi connectivity index (χ3n) is 2.79. The van der Waals surface area contributed by atoms with Crippen molar-refractivity contribution in [2.75, 3.05) is 21.1 Å². The zero-order valence-electron chi connectivity index (χ0n) is 8.45. The third-order valence-corrected chi connectivity index (χ3v) is 2.79. The topological polar surface area (TPSA) is 15.6 Å². The normalized spacial score (nSPS) is 31.7. The molecular weight excluding hydrogens is 148 g/mol. The van der Waals surface area contributed by atoms with Crippen LogP contribution >= 0.6 is 0 Å². The molecule has 0 amide bonds. The van der Waals surface area contributed by atoms with Gasteiger partial charge in [0, 0.05) is 25.2 Å². The van der Waals surface area contributed by atoms with Gasteiger partial charge in [0.25, 0.3) is 0 Å². The van der Waals surface area contributed by atoms with Gasteiger partial charge in [0.1, 0.15) is 0 Å². The summed E-state index contributed by atoms with van der Waals surface area (Å²) in [4.78, 5) is 6.48. The first-order chi connectivity index (χ1) is 5.75. The highest BCUT2D eigenvalue weighted by Gasteiger charge is 2.24. The van der Waals surface area contributed by atoms with Crippen molar-refractivity contribution in [2.45, 2.75) is 31.7 Å². The lowest BCUT2D eigenvalue weighted by molar-refractivity contribution is 0.197. The summed E-state index contributed by atoms with van der Waals surface area (Å²) < 4.78 is 0. The van der Waals surface area contributed by atoms with E-state index in [1.54, 1.807) is 0 Å². The molecule has 0 radical (unpaired) electrons. The molecule has 0 bridgehead atoms. The molecule has 0 N–H and O–H groups in total. The first-order valence-electron chi connectivity index (χ1n) is 4.84. The molecule has 1 rings (SSSR count). The van der Waals surface area contributed by atoms with Crippen LogP contribution < -0.4 is 0 Å². The predicted molar refractivity (Wildman–Crippen MR) is 53.8 cm³/mol. The summed E-state index contributed by atoms with van der Waals surface area (Å²) in [5.41, 5.74) is 0. The fourth-order valence-corrected chi connectivity index (χ4v) is 2.15. The van der Waals surface area contributed by atoms with Crippen molar-refractivity contribution in [1.82, 2.24) is 4.90 Å². The number of nitrogens with zero attached hydrogens (tertiary/aromatic N) is 2. The van der Waals surface area contributed by atoms with Crippen molar-refractivity contribution in [3.05, 3.63) is 0 Å². The Labute approximate surface area is 75.7 Å². The lowest BCUT2D eigenvalue weighted by Crippen LogP contribution is -2.38. The first-order valence-corrected chi connectivity index (χ1v) is 4.84. The van der Waals surface area contributed by atoms with Gasteiger partial charge in [0.05, 0.1) is 0 Å². The summed E-state index contributed by atoms with van der Waals surface area (Å²) in [6, 6.07) is 0.724. The van der Waals surface area contributed by atoms with Crippen LogP contribution in [0.5, 0.6) is 0 Å². The molecule has 2 atom stereocenters. The molecule has 0 aromatic rings. The molecule has 0 heterocycles. The molecule has 2 nitrogen and oxygen atoms in total. The maximum atomic E-state index is 4.14. The molecule has 1 unspecified atom stereocenters. The molecule has 1 saturated carbocycles. The van der Waals surface area contributed by atoms with E-state index in [9.17, 15) is 0 Å². The van der Waals surface area contributed by atoms with E-state index in [2.05, 4.69) is 30.2 Å². The third kappa shape index (κ3) is 2.31. The van der Waals surface area contributed by atoms with Gasteiger partial charge in [-0.3, -0.25) is 0 Å². The van der Waals surface area contributed by atoms with Crippen LogP contribution in [0.1, 0.15) is 25.7 Å². The van der Waals surface area contributed by atoms with Gasteiger partial charge >= 0.3 is 0 Å². The van der Waals surface area contributed by atoms with Crippen molar-refractivity contribution in [3.8, 4) is 0 Å². The minimum atomic E-state index is 0.693. The van der Waals surface area contributed by atoms with Crippen LogP contribution in [0.2, 0.25) is 0 Å². The van der Waals surface area contributed by atoms with Crippen LogP contribution in [0.3, 0.4) is 0 Å². The molecule has 1 aliphatic carbocycles. The Morgan fingerprint density at radius 1 is 1.25 bits per heavy atom. The van der Waals surface area contributed by atoms with E-state index in [4.69, 9.17) is 0 Å². The number of rotatable bonds is 2. The average molecular weight is 168 g/mol. The highest BCUT2D eigenvalue weighted by atomic mass is 15.1. The van der Waals surface area contributed by atoms with Crippen molar-refractivity contribution in [1.29, 1.82) is 0 Å². The molecule has 0 aromatic carbocycles. The number of hydrogen-bond acceptors (Lipinski definition) is 2. The van der Waals surface area contributed by atoms with E-state index in [0.29, 0.717) is 5.92 Å². The van der Waals surface area contributed by atoms with Crippen molar-refractivity contribution in [2.24, 2.45) is 10.9 Å². The highest BCUT2D eigenvalue weighted by Crippen LogP contribution is 2.25. The minimum absolute atomic E-state index is 0.693. The van der Waals surface area contributed by atoms with E-state index in [-0.39, 0.29) is 0 Å². The van der Waals surface area contributed by atoms with Gasteiger partial charge in [0.15, 0.2) is 0 Å². The Morgan fingerprint density at radius 3 is 2.50 bits per heavy atom. The average Bonchev–Trinajstić information content (AvgIpc) is 2.05. The van der Waals surface area contributed by atoms with Gasteiger partial charge in [-0.2, -0.15) is 0 Å². The maximum Gasteiger partial charge on any atom is 0.0273 e. The molecule has 1 aliphatic rings. The van der Waals surface area contributed by atoms with Crippen LogP contribution in [-0.2, 0) is 0 Å². The summed E-state index contributed by atoms with van der Waals surface area (Å²) in [6.07, 6.45) is 7.55. The smallest absolute Gasteiger partial charge is 0.0273 e. The monoisotopic (exact) mass is 168 g/mol. The second-order valence-electron chi connectivity index (χ2n) is 3.89. The Morgan fingerprint density at radius 2 is 1.92 bits per heavy atom. The second-order valence-corrected chi connectivity index (χ2v) is 3.89. The maximum absolute atomic E-state index is 4.14. The molecule has 70 valence electrons.